The van der Waals surface area contributed by atoms with Gasteiger partial charge >= 0.3 is 0 Å². The molecule has 0 radical (unpaired) electrons. The molecule has 0 bridgehead atoms. The van der Waals surface area contributed by atoms with Gasteiger partial charge in [-0.1, -0.05) is 30.3 Å². The molecular formula is C23H24FN3O2. The summed E-state index contributed by atoms with van der Waals surface area (Å²) in [5, 5.41) is 9.78. The summed E-state index contributed by atoms with van der Waals surface area (Å²) in [6.45, 7) is 2.42. The zero-order valence-electron chi connectivity index (χ0n) is 16.1. The zero-order valence-corrected chi connectivity index (χ0v) is 16.1. The van der Waals surface area contributed by atoms with E-state index in [1.807, 2.05) is 6.07 Å². The van der Waals surface area contributed by atoms with Gasteiger partial charge in [-0.05, 0) is 54.6 Å². The second kappa shape index (κ2) is 8.59. The summed E-state index contributed by atoms with van der Waals surface area (Å²) in [7, 11) is 0. The second-order valence-corrected chi connectivity index (χ2v) is 7.52. The zero-order chi connectivity index (χ0) is 20.2. The number of carbonyl (C=O) groups excluding carboxylic acids is 1. The minimum Gasteiger partial charge on any atom is -0.361 e. The number of amides is 1. The number of aromatic nitrogens is 1. The predicted molar refractivity (Wildman–Crippen MR) is 111 cm³/mol. The fourth-order valence-electron chi connectivity index (χ4n) is 4.13. The molecule has 2 heterocycles. The van der Waals surface area contributed by atoms with Gasteiger partial charge in [0, 0.05) is 41.8 Å². The minimum atomic E-state index is -0.647. The maximum Gasteiger partial charge on any atom is 0.267 e. The van der Waals surface area contributed by atoms with E-state index in [4.69, 9.17) is 5.21 Å². The highest BCUT2D eigenvalue weighted by atomic mass is 19.1. The van der Waals surface area contributed by atoms with Gasteiger partial charge in [0.1, 0.15) is 5.82 Å². The molecule has 6 heteroatoms. The quantitative estimate of drug-likeness (QED) is 0.346. The van der Waals surface area contributed by atoms with Crippen LogP contribution in [0.1, 0.15) is 35.4 Å². The van der Waals surface area contributed by atoms with Crippen molar-refractivity contribution in [2.45, 2.75) is 25.3 Å². The van der Waals surface area contributed by atoms with E-state index >= 15 is 0 Å². The van der Waals surface area contributed by atoms with Gasteiger partial charge in [-0.25, -0.2) is 9.87 Å². The molecule has 1 saturated heterocycles. The maximum absolute atomic E-state index is 14.6. The summed E-state index contributed by atoms with van der Waals surface area (Å²) in [5.74, 6) is -0.501. The van der Waals surface area contributed by atoms with Crippen LogP contribution >= 0.6 is 0 Å². The van der Waals surface area contributed by atoms with Crippen molar-refractivity contribution in [1.29, 1.82) is 0 Å². The van der Waals surface area contributed by atoms with Gasteiger partial charge in [-0.3, -0.25) is 14.9 Å². The Morgan fingerprint density at radius 1 is 1.31 bits per heavy atom. The van der Waals surface area contributed by atoms with Crippen LogP contribution in [-0.4, -0.2) is 34.1 Å². The van der Waals surface area contributed by atoms with E-state index in [9.17, 15) is 9.18 Å². The van der Waals surface area contributed by atoms with Crippen LogP contribution in [-0.2, 0) is 11.3 Å². The third-order valence-electron chi connectivity index (χ3n) is 5.58. The van der Waals surface area contributed by atoms with E-state index in [0.29, 0.717) is 23.6 Å². The molecule has 1 atom stereocenters. The van der Waals surface area contributed by atoms with E-state index in [1.165, 1.54) is 28.6 Å². The number of hydroxylamine groups is 1. The van der Waals surface area contributed by atoms with Crippen LogP contribution in [0.2, 0.25) is 0 Å². The van der Waals surface area contributed by atoms with Gasteiger partial charge in [-0.2, -0.15) is 0 Å². The lowest BCUT2D eigenvalue weighted by Gasteiger charge is -2.33. The number of hydrogen-bond donors (Lipinski definition) is 3. The molecule has 3 N–H and O–H groups in total. The standard InChI is InChI=1S/C23H24FN3O2/c24-21-12-16(8-10-23(28)26-29)7-9-18(21)15-27-11-3-4-17(14-27)20-13-25-22-6-2-1-5-19(20)22/h1-2,5-10,12-13,17,25,29H,3-4,11,14-15H2,(H,26,28)/b10-8+. The van der Waals surface area contributed by atoms with Crippen LogP contribution in [0.3, 0.4) is 0 Å². The minimum absolute atomic E-state index is 0.286. The highest BCUT2D eigenvalue weighted by Gasteiger charge is 2.24. The Hall–Kier alpha value is -2.96. The number of carbonyl (C=O) groups is 1. The average molecular weight is 393 g/mol. The van der Waals surface area contributed by atoms with Crippen LogP contribution in [0.25, 0.3) is 17.0 Å². The molecule has 0 aliphatic carbocycles. The Morgan fingerprint density at radius 2 is 2.17 bits per heavy atom. The molecule has 4 rings (SSSR count). The first-order valence-corrected chi connectivity index (χ1v) is 9.83. The first-order valence-electron chi connectivity index (χ1n) is 9.83. The molecule has 1 aromatic heterocycles. The van der Waals surface area contributed by atoms with E-state index in [0.717, 1.165) is 37.5 Å². The molecule has 1 aliphatic heterocycles. The van der Waals surface area contributed by atoms with Gasteiger partial charge < -0.3 is 4.98 Å². The molecule has 3 aromatic rings. The molecule has 2 aromatic carbocycles. The first-order chi connectivity index (χ1) is 14.1. The van der Waals surface area contributed by atoms with Crippen molar-refractivity contribution in [3.63, 3.8) is 0 Å². The number of benzene rings is 2. The number of rotatable bonds is 5. The van der Waals surface area contributed by atoms with Crippen LogP contribution in [0.4, 0.5) is 4.39 Å². The van der Waals surface area contributed by atoms with Crippen molar-refractivity contribution in [2.75, 3.05) is 13.1 Å². The van der Waals surface area contributed by atoms with Gasteiger partial charge in [-0.15, -0.1) is 0 Å². The van der Waals surface area contributed by atoms with E-state index in [1.54, 1.807) is 12.1 Å². The average Bonchev–Trinajstić information content (AvgIpc) is 3.18. The molecular weight excluding hydrogens is 369 g/mol. The molecule has 29 heavy (non-hydrogen) atoms. The lowest BCUT2D eigenvalue weighted by atomic mass is 9.90. The van der Waals surface area contributed by atoms with Crippen molar-refractivity contribution >= 4 is 22.9 Å². The van der Waals surface area contributed by atoms with Gasteiger partial charge in [0.2, 0.25) is 0 Å². The Morgan fingerprint density at radius 3 is 3.00 bits per heavy atom. The van der Waals surface area contributed by atoms with Crippen LogP contribution in [0.5, 0.6) is 0 Å². The molecule has 0 spiro atoms. The number of halogens is 1. The largest absolute Gasteiger partial charge is 0.361 e. The SMILES string of the molecule is O=C(/C=C/c1ccc(CN2CCCC(c3c[nH]c4ccccc34)C2)c(F)c1)NO. The van der Waals surface area contributed by atoms with Crippen molar-refractivity contribution in [1.82, 2.24) is 15.4 Å². The molecule has 0 saturated carbocycles. The summed E-state index contributed by atoms with van der Waals surface area (Å²) in [4.78, 5) is 16.7. The fourth-order valence-corrected chi connectivity index (χ4v) is 4.13. The Labute approximate surface area is 168 Å². The van der Waals surface area contributed by atoms with Crippen LogP contribution < -0.4 is 5.48 Å². The second-order valence-electron chi connectivity index (χ2n) is 7.52. The van der Waals surface area contributed by atoms with Gasteiger partial charge in [0.05, 0.1) is 0 Å². The summed E-state index contributed by atoms with van der Waals surface area (Å²) in [6.07, 6.45) is 6.96. The summed E-state index contributed by atoms with van der Waals surface area (Å²) in [5.41, 5.74) is 5.23. The van der Waals surface area contributed by atoms with Crippen LogP contribution in [0.15, 0.2) is 54.7 Å². The van der Waals surface area contributed by atoms with Crippen molar-refractivity contribution < 1.29 is 14.4 Å². The lowest BCUT2D eigenvalue weighted by Crippen LogP contribution is -2.34. The normalized spacial score (nSPS) is 17.8. The van der Waals surface area contributed by atoms with E-state index in [2.05, 4.69) is 34.3 Å². The van der Waals surface area contributed by atoms with E-state index in [-0.39, 0.29) is 5.82 Å². The third kappa shape index (κ3) is 4.39. The summed E-state index contributed by atoms with van der Waals surface area (Å²) >= 11 is 0. The smallest absolute Gasteiger partial charge is 0.267 e. The van der Waals surface area contributed by atoms with Crippen molar-refractivity contribution in [3.05, 3.63) is 77.2 Å². The number of aromatic amines is 1. The first kappa shape index (κ1) is 19.4. The number of piperidine rings is 1. The molecule has 1 fully saturated rings. The maximum atomic E-state index is 14.6. The lowest BCUT2D eigenvalue weighted by molar-refractivity contribution is -0.124. The number of nitrogens with one attached hydrogen (secondary N) is 2. The van der Waals surface area contributed by atoms with Crippen molar-refractivity contribution in [3.8, 4) is 0 Å². The Bertz CT molecular complexity index is 1040. The third-order valence-corrected chi connectivity index (χ3v) is 5.58. The number of para-hydroxylation sites is 1. The van der Waals surface area contributed by atoms with E-state index < -0.39 is 5.91 Å². The topological polar surface area (TPSA) is 68.4 Å². The number of hydrogen-bond acceptors (Lipinski definition) is 3. The Balaban J connectivity index is 1.45. The summed E-state index contributed by atoms with van der Waals surface area (Å²) < 4.78 is 14.6. The summed E-state index contributed by atoms with van der Waals surface area (Å²) in [6, 6.07) is 13.3. The highest BCUT2D eigenvalue weighted by Crippen LogP contribution is 2.32. The van der Waals surface area contributed by atoms with Gasteiger partial charge in [0.15, 0.2) is 0 Å². The monoisotopic (exact) mass is 393 g/mol. The number of fused-ring (bicyclic) bond motifs is 1. The Kier molecular flexibility index (Phi) is 5.74. The number of H-pyrrole nitrogens is 1. The van der Waals surface area contributed by atoms with Gasteiger partial charge in [0.25, 0.3) is 5.91 Å². The number of nitrogens with zero attached hydrogens (tertiary/aromatic N) is 1. The fraction of sp³-hybridized carbons (Fsp3) is 0.261. The molecule has 1 amide bonds. The molecule has 1 unspecified atom stereocenters. The molecule has 5 nitrogen and oxygen atoms in total. The molecule has 150 valence electrons. The predicted octanol–water partition coefficient (Wildman–Crippen LogP) is 4.21. The molecule has 1 aliphatic rings. The van der Waals surface area contributed by atoms with Crippen LogP contribution in [0, 0.1) is 5.82 Å². The number of likely N-dealkylation sites (tertiary alicyclic amines) is 1. The highest BCUT2D eigenvalue weighted by molar-refractivity contribution is 5.90. The van der Waals surface area contributed by atoms with Crippen molar-refractivity contribution in [2.24, 2.45) is 0 Å².